The monoisotopic (exact) mass is 335 g/mol. The third kappa shape index (κ3) is 3.74. The van der Waals surface area contributed by atoms with Gasteiger partial charge in [0.15, 0.2) is 0 Å². The number of nitrogens with one attached hydrogen (secondary N) is 1. The SMILES string of the molecule is COCc1ccccc1CNc1cc(Br)ccc1OC. The van der Waals surface area contributed by atoms with Crippen molar-refractivity contribution >= 4 is 21.6 Å². The van der Waals surface area contributed by atoms with Crippen LogP contribution in [0, 0.1) is 0 Å². The Kier molecular flexibility index (Phi) is 5.44. The van der Waals surface area contributed by atoms with Gasteiger partial charge in [0.1, 0.15) is 5.75 Å². The van der Waals surface area contributed by atoms with E-state index in [1.165, 1.54) is 11.1 Å². The molecule has 3 nitrogen and oxygen atoms in total. The lowest BCUT2D eigenvalue weighted by Gasteiger charge is -2.14. The first-order valence-electron chi connectivity index (χ1n) is 6.37. The molecule has 20 heavy (non-hydrogen) atoms. The molecule has 0 heterocycles. The zero-order valence-corrected chi connectivity index (χ0v) is 13.2. The van der Waals surface area contributed by atoms with Crippen molar-refractivity contribution in [3.8, 4) is 5.75 Å². The summed E-state index contributed by atoms with van der Waals surface area (Å²) < 4.78 is 11.6. The molecule has 0 aliphatic heterocycles. The minimum Gasteiger partial charge on any atom is -0.495 e. The van der Waals surface area contributed by atoms with E-state index in [1.54, 1.807) is 14.2 Å². The summed E-state index contributed by atoms with van der Waals surface area (Å²) in [6.45, 7) is 1.35. The maximum absolute atomic E-state index is 5.36. The van der Waals surface area contributed by atoms with Gasteiger partial charge in [-0.2, -0.15) is 0 Å². The fourth-order valence-electron chi connectivity index (χ4n) is 2.04. The van der Waals surface area contributed by atoms with Crippen LogP contribution in [0.15, 0.2) is 46.9 Å². The van der Waals surface area contributed by atoms with Crippen LogP contribution >= 0.6 is 15.9 Å². The fraction of sp³-hybridized carbons (Fsp3) is 0.250. The number of hydrogen-bond donors (Lipinski definition) is 1. The highest BCUT2D eigenvalue weighted by atomic mass is 79.9. The highest BCUT2D eigenvalue weighted by Gasteiger charge is 2.05. The summed E-state index contributed by atoms with van der Waals surface area (Å²) in [6.07, 6.45) is 0. The molecule has 2 aromatic carbocycles. The van der Waals surface area contributed by atoms with Crippen molar-refractivity contribution in [1.29, 1.82) is 0 Å². The number of benzene rings is 2. The van der Waals surface area contributed by atoms with Crippen LogP contribution in [0.2, 0.25) is 0 Å². The second-order valence-corrected chi connectivity index (χ2v) is 5.32. The van der Waals surface area contributed by atoms with Gasteiger partial charge in [-0.05, 0) is 29.3 Å². The summed E-state index contributed by atoms with van der Waals surface area (Å²) in [5.74, 6) is 0.831. The first-order valence-corrected chi connectivity index (χ1v) is 7.17. The maximum atomic E-state index is 5.36. The summed E-state index contributed by atoms with van der Waals surface area (Å²) in [4.78, 5) is 0. The molecule has 2 rings (SSSR count). The number of anilines is 1. The number of hydrogen-bond acceptors (Lipinski definition) is 3. The Morgan fingerprint density at radius 3 is 2.50 bits per heavy atom. The molecule has 0 aromatic heterocycles. The fourth-order valence-corrected chi connectivity index (χ4v) is 2.40. The van der Waals surface area contributed by atoms with Gasteiger partial charge in [-0.1, -0.05) is 40.2 Å². The zero-order valence-electron chi connectivity index (χ0n) is 11.7. The van der Waals surface area contributed by atoms with E-state index >= 15 is 0 Å². The van der Waals surface area contributed by atoms with Gasteiger partial charge in [0.25, 0.3) is 0 Å². The normalized spacial score (nSPS) is 10.3. The Bertz CT molecular complexity index is 572. The van der Waals surface area contributed by atoms with E-state index in [0.29, 0.717) is 6.61 Å². The minimum atomic E-state index is 0.619. The van der Waals surface area contributed by atoms with Gasteiger partial charge in [0, 0.05) is 18.1 Å². The van der Waals surface area contributed by atoms with E-state index in [1.807, 2.05) is 30.3 Å². The molecule has 1 N–H and O–H groups in total. The van der Waals surface area contributed by atoms with Crippen molar-refractivity contribution in [3.05, 3.63) is 58.1 Å². The molecule has 0 radical (unpaired) electrons. The van der Waals surface area contributed by atoms with Crippen molar-refractivity contribution < 1.29 is 9.47 Å². The second kappa shape index (κ2) is 7.31. The Morgan fingerprint density at radius 2 is 1.80 bits per heavy atom. The van der Waals surface area contributed by atoms with Crippen LogP contribution in [-0.2, 0) is 17.9 Å². The summed E-state index contributed by atoms with van der Waals surface area (Å²) in [5, 5.41) is 3.41. The zero-order chi connectivity index (χ0) is 14.4. The topological polar surface area (TPSA) is 30.5 Å². The predicted molar refractivity (Wildman–Crippen MR) is 85.2 cm³/mol. The molecule has 0 amide bonds. The molecule has 106 valence electrons. The van der Waals surface area contributed by atoms with E-state index < -0.39 is 0 Å². The number of rotatable bonds is 6. The molecule has 0 saturated heterocycles. The molecule has 0 bridgehead atoms. The quantitative estimate of drug-likeness (QED) is 0.857. The summed E-state index contributed by atoms with van der Waals surface area (Å²) in [6, 6.07) is 14.2. The Balaban J connectivity index is 2.14. The average Bonchev–Trinajstić information content (AvgIpc) is 2.47. The first-order chi connectivity index (χ1) is 9.74. The van der Waals surface area contributed by atoms with E-state index in [-0.39, 0.29) is 0 Å². The molecular weight excluding hydrogens is 318 g/mol. The average molecular weight is 336 g/mol. The van der Waals surface area contributed by atoms with Crippen LogP contribution in [0.1, 0.15) is 11.1 Å². The number of methoxy groups -OCH3 is 2. The lowest BCUT2D eigenvalue weighted by Crippen LogP contribution is -2.04. The number of halogens is 1. The van der Waals surface area contributed by atoms with Crippen LogP contribution in [0.4, 0.5) is 5.69 Å². The van der Waals surface area contributed by atoms with Crippen molar-refractivity contribution in [1.82, 2.24) is 0 Å². The lowest BCUT2D eigenvalue weighted by atomic mass is 10.1. The van der Waals surface area contributed by atoms with Crippen LogP contribution < -0.4 is 10.1 Å². The highest BCUT2D eigenvalue weighted by Crippen LogP contribution is 2.28. The molecule has 0 unspecified atom stereocenters. The van der Waals surface area contributed by atoms with Crippen LogP contribution in [0.25, 0.3) is 0 Å². The molecule has 0 aliphatic rings. The molecule has 0 saturated carbocycles. The predicted octanol–water partition coefficient (Wildman–Crippen LogP) is 4.22. The van der Waals surface area contributed by atoms with Crippen molar-refractivity contribution in [2.24, 2.45) is 0 Å². The largest absolute Gasteiger partial charge is 0.495 e. The van der Waals surface area contributed by atoms with Crippen LogP contribution in [0.5, 0.6) is 5.75 Å². The minimum absolute atomic E-state index is 0.619. The maximum Gasteiger partial charge on any atom is 0.142 e. The first kappa shape index (κ1) is 14.9. The molecule has 4 heteroatoms. The molecular formula is C16H18BrNO2. The highest BCUT2D eigenvalue weighted by molar-refractivity contribution is 9.10. The third-order valence-electron chi connectivity index (χ3n) is 3.05. The molecule has 0 fully saturated rings. The molecule has 0 aliphatic carbocycles. The van der Waals surface area contributed by atoms with Gasteiger partial charge in [-0.25, -0.2) is 0 Å². The molecule has 2 aromatic rings. The van der Waals surface area contributed by atoms with Gasteiger partial charge in [-0.3, -0.25) is 0 Å². The van der Waals surface area contributed by atoms with E-state index in [9.17, 15) is 0 Å². The summed E-state index contributed by atoms with van der Waals surface area (Å²) in [7, 11) is 3.38. The number of ether oxygens (including phenoxy) is 2. The van der Waals surface area contributed by atoms with Crippen molar-refractivity contribution in [3.63, 3.8) is 0 Å². The smallest absolute Gasteiger partial charge is 0.142 e. The lowest BCUT2D eigenvalue weighted by molar-refractivity contribution is 0.184. The summed E-state index contributed by atoms with van der Waals surface area (Å²) >= 11 is 3.48. The molecule has 0 spiro atoms. The van der Waals surface area contributed by atoms with Gasteiger partial charge in [-0.15, -0.1) is 0 Å². The Hall–Kier alpha value is -1.52. The Morgan fingerprint density at radius 1 is 1.05 bits per heavy atom. The van der Waals surface area contributed by atoms with Crippen molar-refractivity contribution in [2.45, 2.75) is 13.2 Å². The molecule has 0 atom stereocenters. The van der Waals surface area contributed by atoms with Crippen LogP contribution in [0.3, 0.4) is 0 Å². The van der Waals surface area contributed by atoms with Gasteiger partial charge in [0.05, 0.1) is 19.4 Å². The third-order valence-corrected chi connectivity index (χ3v) is 3.54. The van der Waals surface area contributed by atoms with Crippen molar-refractivity contribution in [2.75, 3.05) is 19.5 Å². The van der Waals surface area contributed by atoms with E-state index in [4.69, 9.17) is 9.47 Å². The second-order valence-electron chi connectivity index (χ2n) is 4.40. The van der Waals surface area contributed by atoms with Gasteiger partial charge >= 0.3 is 0 Å². The van der Waals surface area contributed by atoms with E-state index in [2.05, 4.69) is 33.4 Å². The summed E-state index contributed by atoms with van der Waals surface area (Å²) in [5.41, 5.74) is 3.38. The van der Waals surface area contributed by atoms with Gasteiger partial charge < -0.3 is 14.8 Å². The van der Waals surface area contributed by atoms with E-state index in [0.717, 1.165) is 22.5 Å². The Labute approximate surface area is 128 Å². The van der Waals surface area contributed by atoms with Crippen LogP contribution in [-0.4, -0.2) is 14.2 Å². The standard InChI is InChI=1S/C16H18BrNO2/c1-19-11-13-6-4-3-5-12(13)10-18-15-9-14(17)7-8-16(15)20-2/h3-9,18H,10-11H2,1-2H3. The van der Waals surface area contributed by atoms with Gasteiger partial charge in [0.2, 0.25) is 0 Å².